The lowest BCUT2D eigenvalue weighted by Gasteiger charge is -2.17. The quantitative estimate of drug-likeness (QED) is 0.216. The molecule has 0 atom stereocenters. The zero-order valence-electron chi connectivity index (χ0n) is 21.6. The molecule has 0 unspecified atom stereocenters. The fourth-order valence-corrected chi connectivity index (χ4v) is 5.14. The zero-order chi connectivity index (χ0) is 29.7. The number of nitriles is 1. The molecule has 6 aromatic rings. The standard InChI is InChI=1S/C29H17ClF3N7O2/c1-38-14-36-24(37-38)13-40-28(41)25-23(39(29(40)42)12-16-8-21(31)26(33)22(32)9-16)10-18(17-3-2-6-35-27(17)25)19-7-15(11-34)4-5-20(19)30/h2-10,14H,12-13H2,1H3. The topological polar surface area (TPSA) is 111 Å². The van der Waals surface area contributed by atoms with E-state index < -0.39 is 35.2 Å². The first-order chi connectivity index (χ1) is 20.2. The molecule has 0 saturated carbocycles. The van der Waals surface area contributed by atoms with Crippen molar-refractivity contribution < 1.29 is 13.2 Å². The number of pyridine rings is 1. The molecule has 0 bridgehead atoms. The molecule has 3 aromatic heterocycles. The van der Waals surface area contributed by atoms with Crippen LogP contribution in [-0.2, 0) is 20.1 Å². The first-order valence-electron chi connectivity index (χ1n) is 12.4. The van der Waals surface area contributed by atoms with Gasteiger partial charge in [0.1, 0.15) is 6.33 Å². The SMILES string of the molecule is Cn1cnc(Cn2c(=O)c3c4ncccc4c(-c4cc(C#N)ccc4Cl)cc3n(Cc3cc(F)c(F)c(F)c3)c2=O)n1. The average molecular weight is 588 g/mol. The Labute approximate surface area is 239 Å². The fraction of sp³-hybridized carbons (Fsp3) is 0.103. The summed E-state index contributed by atoms with van der Waals surface area (Å²) in [7, 11) is 1.63. The van der Waals surface area contributed by atoms with Gasteiger partial charge in [-0.3, -0.25) is 23.6 Å². The second-order valence-electron chi connectivity index (χ2n) is 9.49. The van der Waals surface area contributed by atoms with E-state index in [1.807, 2.05) is 0 Å². The van der Waals surface area contributed by atoms with E-state index in [-0.39, 0.29) is 34.4 Å². The van der Waals surface area contributed by atoms with Gasteiger partial charge in [-0.2, -0.15) is 10.4 Å². The predicted molar refractivity (Wildman–Crippen MR) is 148 cm³/mol. The molecule has 0 aliphatic heterocycles. The van der Waals surface area contributed by atoms with Crippen LogP contribution < -0.4 is 11.2 Å². The van der Waals surface area contributed by atoms with Crippen molar-refractivity contribution in [1.82, 2.24) is 28.9 Å². The number of halogens is 4. The number of nitrogens with zero attached hydrogens (tertiary/aromatic N) is 7. The van der Waals surface area contributed by atoms with Crippen molar-refractivity contribution in [3.63, 3.8) is 0 Å². The first-order valence-corrected chi connectivity index (χ1v) is 12.8. The molecule has 9 nitrogen and oxygen atoms in total. The van der Waals surface area contributed by atoms with Crippen LogP contribution in [0.3, 0.4) is 0 Å². The smallest absolute Gasteiger partial charge is 0.289 e. The van der Waals surface area contributed by atoms with Gasteiger partial charge in [-0.1, -0.05) is 17.7 Å². The van der Waals surface area contributed by atoms with Crippen LogP contribution >= 0.6 is 11.6 Å². The molecule has 0 spiro atoms. The van der Waals surface area contributed by atoms with E-state index in [4.69, 9.17) is 11.6 Å². The van der Waals surface area contributed by atoms with Crippen LogP contribution in [0.1, 0.15) is 17.0 Å². The number of fused-ring (bicyclic) bond motifs is 3. The van der Waals surface area contributed by atoms with Gasteiger partial charge >= 0.3 is 5.69 Å². The summed E-state index contributed by atoms with van der Waals surface area (Å²) in [6.45, 7) is -0.726. The molecule has 0 saturated heterocycles. The highest BCUT2D eigenvalue weighted by molar-refractivity contribution is 6.34. The number of hydrogen-bond acceptors (Lipinski definition) is 6. The van der Waals surface area contributed by atoms with Gasteiger partial charge in [-0.15, -0.1) is 0 Å². The van der Waals surface area contributed by atoms with Gasteiger partial charge in [0.15, 0.2) is 23.3 Å². The molecular formula is C29H17ClF3N7O2. The monoisotopic (exact) mass is 587 g/mol. The van der Waals surface area contributed by atoms with E-state index in [2.05, 4.69) is 21.1 Å². The van der Waals surface area contributed by atoms with Crippen molar-refractivity contribution in [1.29, 1.82) is 5.26 Å². The summed E-state index contributed by atoms with van der Waals surface area (Å²) >= 11 is 6.54. The maximum Gasteiger partial charge on any atom is 0.332 e. The van der Waals surface area contributed by atoms with Crippen LogP contribution in [0, 0.1) is 28.8 Å². The van der Waals surface area contributed by atoms with Crippen molar-refractivity contribution >= 4 is 33.4 Å². The summed E-state index contributed by atoms with van der Waals surface area (Å²) in [6.07, 6.45) is 2.88. The molecule has 13 heteroatoms. The first kappa shape index (κ1) is 26.9. The average Bonchev–Trinajstić information content (AvgIpc) is 3.40. The number of benzene rings is 3. The maximum absolute atomic E-state index is 14.2. The van der Waals surface area contributed by atoms with Gasteiger partial charge in [0.2, 0.25) is 0 Å². The third-order valence-corrected chi connectivity index (χ3v) is 7.13. The molecule has 0 aliphatic carbocycles. The zero-order valence-corrected chi connectivity index (χ0v) is 22.4. The Balaban J connectivity index is 1.73. The molecule has 3 heterocycles. The van der Waals surface area contributed by atoms with Gasteiger partial charge < -0.3 is 0 Å². The minimum Gasteiger partial charge on any atom is -0.289 e. The highest BCUT2D eigenvalue weighted by Crippen LogP contribution is 2.36. The van der Waals surface area contributed by atoms with E-state index in [1.165, 1.54) is 17.2 Å². The summed E-state index contributed by atoms with van der Waals surface area (Å²) in [5.74, 6) is -4.33. The Morgan fingerprint density at radius 3 is 2.40 bits per heavy atom. The molecule has 0 N–H and O–H groups in total. The molecule has 3 aromatic carbocycles. The molecule has 0 aliphatic rings. The van der Waals surface area contributed by atoms with Crippen molar-refractivity contribution in [2.24, 2.45) is 7.05 Å². The van der Waals surface area contributed by atoms with Gasteiger partial charge in [0.05, 0.1) is 41.1 Å². The third-order valence-electron chi connectivity index (χ3n) is 6.80. The lowest BCUT2D eigenvalue weighted by atomic mass is 9.96. The summed E-state index contributed by atoms with van der Waals surface area (Å²) in [5, 5.41) is 14.5. The Morgan fingerprint density at radius 1 is 0.952 bits per heavy atom. The van der Waals surface area contributed by atoms with E-state index in [9.17, 15) is 28.0 Å². The molecule has 6 rings (SSSR count). The highest BCUT2D eigenvalue weighted by Gasteiger charge is 2.22. The molecule has 42 heavy (non-hydrogen) atoms. The number of rotatable bonds is 5. The Bertz CT molecular complexity index is 2210. The van der Waals surface area contributed by atoms with Crippen molar-refractivity contribution in [2.45, 2.75) is 13.1 Å². The van der Waals surface area contributed by atoms with Crippen LogP contribution in [0.5, 0.6) is 0 Å². The summed E-state index contributed by atoms with van der Waals surface area (Å²) in [6, 6.07) is 13.2. The molecule has 208 valence electrons. The Hall–Kier alpha value is -5.28. The van der Waals surface area contributed by atoms with E-state index in [0.29, 0.717) is 27.1 Å². The summed E-state index contributed by atoms with van der Waals surface area (Å²) in [4.78, 5) is 36.4. The highest BCUT2D eigenvalue weighted by atomic mass is 35.5. The fourth-order valence-electron chi connectivity index (χ4n) is 4.92. The number of aromatic nitrogens is 6. The van der Waals surface area contributed by atoms with Gasteiger partial charge in [-0.05, 0) is 53.6 Å². The largest absolute Gasteiger partial charge is 0.332 e. The molecule has 0 amide bonds. The van der Waals surface area contributed by atoms with Gasteiger partial charge in [0, 0.05) is 29.2 Å². The number of aryl methyl sites for hydroxylation is 1. The van der Waals surface area contributed by atoms with E-state index >= 15 is 0 Å². The molecular weight excluding hydrogens is 571 g/mol. The van der Waals surface area contributed by atoms with Crippen LogP contribution in [-0.4, -0.2) is 28.9 Å². The second-order valence-corrected chi connectivity index (χ2v) is 9.90. The second kappa shape index (κ2) is 10.3. The minimum atomic E-state index is -1.65. The minimum absolute atomic E-state index is 0.0421. The Kier molecular flexibility index (Phi) is 6.59. The van der Waals surface area contributed by atoms with Crippen molar-refractivity contribution in [3.05, 3.63) is 121 Å². The normalized spacial score (nSPS) is 11.3. The lowest BCUT2D eigenvalue weighted by Crippen LogP contribution is -2.41. The number of hydrogen-bond donors (Lipinski definition) is 0. The third kappa shape index (κ3) is 4.49. The van der Waals surface area contributed by atoms with Crippen LogP contribution in [0.4, 0.5) is 13.2 Å². The van der Waals surface area contributed by atoms with Crippen molar-refractivity contribution in [3.8, 4) is 17.2 Å². The summed E-state index contributed by atoms with van der Waals surface area (Å²) in [5.41, 5.74) is -0.0642. The Morgan fingerprint density at radius 2 is 1.71 bits per heavy atom. The van der Waals surface area contributed by atoms with Crippen molar-refractivity contribution in [2.75, 3.05) is 0 Å². The molecule has 0 fully saturated rings. The van der Waals surface area contributed by atoms with Gasteiger partial charge in [0.25, 0.3) is 5.56 Å². The van der Waals surface area contributed by atoms with Crippen LogP contribution in [0.25, 0.3) is 32.9 Å². The van der Waals surface area contributed by atoms with Crippen LogP contribution in [0.2, 0.25) is 5.02 Å². The molecule has 0 radical (unpaired) electrons. The predicted octanol–water partition coefficient (Wildman–Crippen LogP) is 4.55. The van der Waals surface area contributed by atoms with Crippen LogP contribution in [0.15, 0.2) is 70.6 Å². The van der Waals surface area contributed by atoms with Gasteiger partial charge in [-0.25, -0.2) is 22.9 Å². The van der Waals surface area contributed by atoms with E-state index in [1.54, 1.807) is 43.4 Å². The maximum atomic E-state index is 14.2. The summed E-state index contributed by atoms with van der Waals surface area (Å²) < 4.78 is 45.5. The lowest BCUT2D eigenvalue weighted by molar-refractivity contribution is 0.444. The van der Waals surface area contributed by atoms with E-state index in [0.717, 1.165) is 21.3 Å².